The highest BCUT2D eigenvalue weighted by atomic mass is 32.1. The second-order valence-electron chi connectivity index (χ2n) is 5.92. The molecule has 2 atom stereocenters. The number of hydrogen-bond acceptors (Lipinski definition) is 3. The molecule has 2 unspecified atom stereocenters. The van der Waals surface area contributed by atoms with Crippen LogP contribution < -0.4 is 5.32 Å². The second kappa shape index (κ2) is 7.39. The first-order chi connectivity index (χ1) is 9.24. The molecule has 2 rings (SSSR count). The van der Waals surface area contributed by atoms with Gasteiger partial charge in [-0.3, -0.25) is 0 Å². The van der Waals surface area contributed by atoms with E-state index >= 15 is 0 Å². The Kier molecular flexibility index (Phi) is 5.83. The number of thiazole rings is 1. The number of aryl methyl sites for hydroxylation is 1. The third-order valence-electron chi connectivity index (χ3n) is 4.13. The van der Waals surface area contributed by atoms with Crippen LogP contribution in [-0.2, 0) is 13.0 Å². The molecule has 1 aromatic heterocycles. The lowest BCUT2D eigenvalue weighted by Crippen LogP contribution is -2.13. The first-order valence-corrected chi connectivity index (χ1v) is 8.75. The largest absolute Gasteiger partial charge is 0.312 e. The van der Waals surface area contributed by atoms with Crippen LogP contribution in [0.2, 0.25) is 0 Å². The van der Waals surface area contributed by atoms with Gasteiger partial charge in [0.15, 0.2) is 0 Å². The summed E-state index contributed by atoms with van der Waals surface area (Å²) >= 11 is 1.97. The fourth-order valence-corrected chi connectivity index (χ4v) is 4.30. The molecule has 0 bridgehead atoms. The van der Waals surface area contributed by atoms with Crippen LogP contribution >= 0.6 is 11.3 Å². The molecule has 0 amide bonds. The zero-order chi connectivity index (χ0) is 13.7. The van der Waals surface area contributed by atoms with Crippen molar-refractivity contribution in [1.29, 1.82) is 0 Å². The Morgan fingerprint density at radius 2 is 2.16 bits per heavy atom. The van der Waals surface area contributed by atoms with Crippen molar-refractivity contribution in [3.63, 3.8) is 0 Å². The lowest BCUT2D eigenvalue weighted by Gasteiger charge is -2.24. The molecule has 3 heteroatoms. The number of aromatic nitrogens is 1. The van der Waals surface area contributed by atoms with Gasteiger partial charge in [-0.2, -0.15) is 0 Å². The fraction of sp³-hybridized carbons (Fsp3) is 0.812. The number of hydrogen-bond donors (Lipinski definition) is 1. The first-order valence-electron chi connectivity index (χ1n) is 7.93. The van der Waals surface area contributed by atoms with E-state index in [-0.39, 0.29) is 0 Å². The Hall–Kier alpha value is -0.410. The molecule has 0 aromatic carbocycles. The van der Waals surface area contributed by atoms with E-state index in [1.54, 1.807) is 0 Å². The van der Waals surface area contributed by atoms with E-state index in [4.69, 9.17) is 4.98 Å². The summed E-state index contributed by atoms with van der Waals surface area (Å²) in [7, 11) is 0. The third kappa shape index (κ3) is 4.03. The molecule has 0 aliphatic heterocycles. The Balaban J connectivity index is 2.04. The molecule has 0 radical (unpaired) electrons. The minimum absolute atomic E-state index is 0.735. The summed E-state index contributed by atoms with van der Waals surface area (Å²) in [6, 6.07) is 0. The highest BCUT2D eigenvalue weighted by molar-refractivity contribution is 7.11. The molecule has 108 valence electrons. The van der Waals surface area contributed by atoms with Crippen LogP contribution in [0, 0.1) is 5.92 Å². The molecule has 1 aliphatic rings. The van der Waals surface area contributed by atoms with Crippen LogP contribution in [0.25, 0.3) is 0 Å². The predicted octanol–water partition coefficient (Wildman–Crippen LogP) is 4.50. The van der Waals surface area contributed by atoms with Gasteiger partial charge in [0.1, 0.15) is 0 Å². The van der Waals surface area contributed by atoms with Gasteiger partial charge >= 0.3 is 0 Å². The van der Waals surface area contributed by atoms with Gasteiger partial charge in [-0.25, -0.2) is 4.98 Å². The van der Waals surface area contributed by atoms with Crippen LogP contribution in [0.4, 0.5) is 0 Å². The van der Waals surface area contributed by atoms with E-state index < -0.39 is 0 Å². The second-order valence-corrected chi connectivity index (χ2v) is 7.04. The van der Waals surface area contributed by atoms with E-state index in [1.165, 1.54) is 47.7 Å². The zero-order valence-corrected chi connectivity index (χ0v) is 13.5. The van der Waals surface area contributed by atoms with Crippen molar-refractivity contribution in [2.75, 3.05) is 6.54 Å². The van der Waals surface area contributed by atoms with Gasteiger partial charge in [0.2, 0.25) is 0 Å². The van der Waals surface area contributed by atoms with Gasteiger partial charge in [0, 0.05) is 17.3 Å². The van der Waals surface area contributed by atoms with Crippen molar-refractivity contribution < 1.29 is 0 Å². The molecular formula is C16H28N2S. The fourth-order valence-electron chi connectivity index (χ4n) is 3.03. The van der Waals surface area contributed by atoms with E-state index in [1.807, 2.05) is 11.3 Å². The van der Waals surface area contributed by atoms with Crippen LogP contribution in [0.3, 0.4) is 0 Å². The molecule has 0 saturated heterocycles. The Morgan fingerprint density at radius 3 is 2.84 bits per heavy atom. The van der Waals surface area contributed by atoms with Gasteiger partial charge in [0.05, 0.1) is 10.7 Å². The first kappa shape index (κ1) is 15.0. The summed E-state index contributed by atoms with van der Waals surface area (Å²) in [6.45, 7) is 8.96. The monoisotopic (exact) mass is 280 g/mol. The van der Waals surface area contributed by atoms with Crippen LogP contribution in [0.5, 0.6) is 0 Å². The van der Waals surface area contributed by atoms with Crippen molar-refractivity contribution in [3.05, 3.63) is 15.6 Å². The number of rotatable bonds is 6. The topological polar surface area (TPSA) is 24.9 Å². The van der Waals surface area contributed by atoms with Crippen molar-refractivity contribution in [1.82, 2.24) is 10.3 Å². The molecule has 19 heavy (non-hydrogen) atoms. The molecule has 1 heterocycles. The molecule has 0 spiro atoms. The standard InChI is InChI=1S/C16H28N2S/c1-4-9-17-11-15-14(5-2)18-16(19-15)13-8-6-7-12(3)10-13/h12-13,17H,4-11H2,1-3H3. The average Bonchev–Trinajstić information content (AvgIpc) is 2.82. The maximum Gasteiger partial charge on any atom is 0.0962 e. The SMILES string of the molecule is CCCNCc1sc(C2CCCC(C)C2)nc1CC. The zero-order valence-electron chi connectivity index (χ0n) is 12.7. The minimum Gasteiger partial charge on any atom is -0.312 e. The normalized spacial score (nSPS) is 23.7. The maximum absolute atomic E-state index is 4.94. The highest BCUT2D eigenvalue weighted by Gasteiger charge is 2.24. The van der Waals surface area contributed by atoms with Gasteiger partial charge in [0.25, 0.3) is 0 Å². The van der Waals surface area contributed by atoms with E-state index in [9.17, 15) is 0 Å². The Morgan fingerprint density at radius 1 is 1.32 bits per heavy atom. The number of nitrogens with zero attached hydrogens (tertiary/aromatic N) is 1. The minimum atomic E-state index is 0.735. The lowest BCUT2D eigenvalue weighted by atomic mass is 9.83. The van der Waals surface area contributed by atoms with Crippen LogP contribution in [-0.4, -0.2) is 11.5 Å². The van der Waals surface area contributed by atoms with Gasteiger partial charge in [-0.15, -0.1) is 11.3 Å². The van der Waals surface area contributed by atoms with Crippen molar-refractivity contribution >= 4 is 11.3 Å². The summed E-state index contributed by atoms with van der Waals surface area (Å²) in [5, 5.41) is 4.94. The Bertz CT molecular complexity index is 386. The van der Waals surface area contributed by atoms with E-state index in [0.717, 1.165) is 31.3 Å². The molecule has 1 N–H and O–H groups in total. The quantitative estimate of drug-likeness (QED) is 0.776. The maximum atomic E-state index is 4.94. The van der Waals surface area contributed by atoms with Gasteiger partial charge in [-0.1, -0.05) is 33.6 Å². The van der Waals surface area contributed by atoms with Crippen LogP contribution in [0.1, 0.15) is 74.4 Å². The molecule has 1 aliphatic carbocycles. The van der Waals surface area contributed by atoms with Crippen LogP contribution in [0.15, 0.2) is 0 Å². The average molecular weight is 280 g/mol. The van der Waals surface area contributed by atoms with Gasteiger partial charge < -0.3 is 5.32 Å². The molecular weight excluding hydrogens is 252 g/mol. The van der Waals surface area contributed by atoms with Crippen molar-refractivity contribution in [2.45, 2.75) is 71.8 Å². The highest BCUT2D eigenvalue weighted by Crippen LogP contribution is 2.38. The molecule has 1 fully saturated rings. The summed E-state index contributed by atoms with van der Waals surface area (Å²) in [5.74, 6) is 1.62. The lowest BCUT2D eigenvalue weighted by molar-refractivity contribution is 0.343. The van der Waals surface area contributed by atoms with Gasteiger partial charge in [-0.05, 0) is 38.1 Å². The van der Waals surface area contributed by atoms with E-state index in [2.05, 4.69) is 26.1 Å². The molecule has 1 aromatic rings. The third-order valence-corrected chi connectivity index (χ3v) is 5.39. The smallest absolute Gasteiger partial charge is 0.0962 e. The summed E-state index contributed by atoms with van der Waals surface area (Å²) < 4.78 is 0. The predicted molar refractivity (Wildman–Crippen MR) is 83.9 cm³/mol. The molecule has 2 nitrogen and oxygen atoms in total. The Labute approximate surface area is 122 Å². The summed E-state index contributed by atoms with van der Waals surface area (Å²) in [6.07, 6.45) is 7.76. The van der Waals surface area contributed by atoms with E-state index in [0.29, 0.717) is 0 Å². The summed E-state index contributed by atoms with van der Waals surface area (Å²) in [4.78, 5) is 6.42. The van der Waals surface area contributed by atoms with Crippen molar-refractivity contribution in [2.24, 2.45) is 5.92 Å². The van der Waals surface area contributed by atoms with Crippen molar-refractivity contribution in [3.8, 4) is 0 Å². The molecule has 1 saturated carbocycles. The number of nitrogens with one attached hydrogen (secondary N) is 1. The summed E-state index contributed by atoms with van der Waals surface area (Å²) in [5.41, 5.74) is 1.34.